The van der Waals surface area contributed by atoms with Crippen LogP contribution in [0.1, 0.15) is 27.7 Å². The lowest BCUT2D eigenvalue weighted by molar-refractivity contribution is -0.0940. The Morgan fingerprint density at radius 2 is 1.94 bits per heavy atom. The van der Waals surface area contributed by atoms with E-state index in [9.17, 15) is 4.79 Å². The first kappa shape index (κ1) is 13.6. The third kappa shape index (κ3) is 1.67. The molecule has 6 heteroatoms. The van der Waals surface area contributed by atoms with Crippen molar-refractivity contribution >= 4 is 38.0 Å². The maximum absolute atomic E-state index is 11.9. The molecule has 0 radical (unpaired) electrons. The number of hydrogen-bond donors (Lipinski definition) is 0. The van der Waals surface area contributed by atoms with Crippen molar-refractivity contribution in [2.75, 3.05) is 7.11 Å². The fourth-order valence-electron chi connectivity index (χ4n) is 2.39. The maximum Gasteiger partial charge on any atom is 0.412 e. The standard InChI is InChI=1S/C11H17Br2NO3/c1-9(2,3)7-14(8(15)16-5)6-10(4,17-7)11(6,12)13/h6-7H,1-5H3. The van der Waals surface area contributed by atoms with E-state index in [1.165, 1.54) is 7.11 Å². The molecular formula is C11H17Br2NO3. The summed E-state index contributed by atoms with van der Waals surface area (Å²) in [6.07, 6.45) is -0.618. The highest BCUT2D eigenvalue weighted by Gasteiger charge is 2.83. The molecule has 2 rings (SSSR count). The normalized spacial score (nSPS) is 38.9. The smallest absolute Gasteiger partial charge is 0.412 e. The zero-order valence-corrected chi connectivity index (χ0v) is 13.8. The van der Waals surface area contributed by atoms with Gasteiger partial charge in [0.15, 0.2) is 0 Å². The van der Waals surface area contributed by atoms with Crippen LogP contribution in [0.4, 0.5) is 4.79 Å². The molecule has 2 aliphatic rings. The number of methoxy groups -OCH3 is 1. The van der Waals surface area contributed by atoms with Gasteiger partial charge in [0.2, 0.25) is 0 Å². The monoisotopic (exact) mass is 369 g/mol. The topological polar surface area (TPSA) is 38.8 Å². The van der Waals surface area contributed by atoms with Crippen molar-refractivity contribution in [2.24, 2.45) is 5.41 Å². The summed E-state index contributed by atoms with van der Waals surface area (Å²) in [4.78, 5) is 13.6. The number of carbonyl (C=O) groups excluding carboxylic acids is 1. The van der Waals surface area contributed by atoms with Crippen LogP contribution >= 0.6 is 31.9 Å². The molecule has 0 N–H and O–H groups in total. The van der Waals surface area contributed by atoms with Gasteiger partial charge in [-0.05, 0) is 6.92 Å². The van der Waals surface area contributed by atoms with Gasteiger partial charge in [-0.3, -0.25) is 4.90 Å². The van der Waals surface area contributed by atoms with E-state index < -0.39 is 5.60 Å². The second-order valence-corrected chi connectivity index (χ2v) is 9.41. The molecule has 17 heavy (non-hydrogen) atoms. The van der Waals surface area contributed by atoms with E-state index in [2.05, 4.69) is 31.9 Å². The molecule has 2 fully saturated rings. The molecule has 1 amide bonds. The number of ether oxygens (including phenoxy) is 2. The molecule has 4 nitrogen and oxygen atoms in total. The minimum absolute atomic E-state index is 0.0494. The van der Waals surface area contributed by atoms with Gasteiger partial charge in [-0.1, -0.05) is 52.6 Å². The summed E-state index contributed by atoms with van der Waals surface area (Å²) >= 11 is 7.12. The van der Waals surface area contributed by atoms with Gasteiger partial charge in [0.05, 0.1) is 13.2 Å². The van der Waals surface area contributed by atoms with E-state index in [1.54, 1.807) is 4.90 Å². The average Bonchev–Trinajstić information content (AvgIpc) is 2.54. The molecule has 0 aromatic carbocycles. The van der Waals surface area contributed by atoms with E-state index in [1.807, 2.05) is 27.7 Å². The molecule has 3 unspecified atom stereocenters. The second kappa shape index (κ2) is 3.61. The highest BCUT2D eigenvalue weighted by atomic mass is 79.9. The van der Waals surface area contributed by atoms with Gasteiger partial charge in [-0.25, -0.2) is 4.79 Å². The number of carbonyl (C=O) groups is 1. The number of fused-ring (bicyclic) bond motifs is 1. The molecule has 0 aromatic heterocycles. The minimum atomic E-state index is -0.404. The van der Waals surface area contributed by atoms with Crippen LogP contribution in [-0.4, -0.2) is 39.2 Å². The van der Waals surface area contributed by atoms with Crippen molar-refractivity contribution in [3.05, 3.63) is 0 Å². The zero-order valence-electron chi connectivity index (χ0n) is 10.6. The first-order valence-corrected chi connectivity index (χ1v) is 7.08. The summed E-state index contributed by atoms with van der Waals surface area (Å²) in [5, 5.41) is 0. The van der Waals surface area contributed by atoms with Gasteiger partial charge >= 0.3 is 6.09 Å². The molecule has 0 aromatic rings. The van der Waals surface area contributed by atoms with Gasteiger partial charge in [-0.15, -0.1) is 0 Å². The maximum atomic E-state index is 11.9. The lowest BCUT2D eigenvalue weighted by atomic mass is 9.93. The van der Waals surface area contributed by atoms with Crippen molar-refractivity contribution in [3.63, 3.8) is 0 Å². The number of nitrogens with zero attached hydrogens (tertiary/aromatic N) is 1. The molecule has 1 aliphatic carbocycles. The first-order valence-electron chi connectivity index (χ1n) is 5.49. The molecule has 0 bridgehead atoms. The van der Waals surface area contributed by atoms with Gasteiger partial charge in [-0.2, -0.15) is 0 Å². The molecule has 98 valence electrons. The Bertz CT molecular complexity index is 366. The van der Waals surface area contributed by atoms with E-state index in [0.29, 0.717) is 0 Å². The van der Waals surface area contributed by atoms with Crippen LogP contribution in [0.25, 0.3) is 0 Å². The second-order valence-electron chi connectivity index (χ2n) is 5.85. The zero-order chi connectivity index (χ0) is 13.2. The van der Waals surface area contributed by atoms with E-state index >= 15 is 0 Å². The van der Waals surface area contributed by atoms with Crippen molar-refractivity contribution in [2.45, 2.75) is 48.8 Å². The van der Waals surface area contributed by atoms with Crippen molar-refractivity contribution in [3.8, 4) is 0 Å². The third-order valence-electron chi connectivity index (χ3n) is 3.46. The van der Waals surface area contributed by atoms with Crippen molar-refractivity contribution in [1.29, 1.82) is 0 Å². The van der Waals surface area contributed by atoms with Crippen LogP contribution in [0.5, 0.6) is 0 Å². The fourth-order valence-corrected chi connectivity index (χ4v) is 4.10. The van der Waals surface area contributed by atoms with Crippen LogP contribution in [0, 0.1) is 5.41 Å². The first-order chi connectivity index (χ1) is 7.57. The molecule has 1 saturated heterocycles. The van der Waals surface area contributed by atoms with Crippen LogP contribution in [0.3, 0.4) is 0 Å². The van der Waals surface area contributed by atoms with Gasteiger partial charge in [0, 0.05) is 5.41 Å². The summed E-state index contributed by atoms with van der Waals surface area (Å²) in [5.74, 6) is 0. The van der Waals surface area contributed by atoms with Gasteiger partial charge < -0.3 is 9.47 Å². The van der Waals surface area contributed by atoms with Gasteiger partial charge in [0.25, 0.3) is 0 Å². The highest BCUT2D eigenvalue weighted by Crippen LogP contribution is 2.69. The Kier molecular flexibility index (Phi) is 2.89. The average molecular weight is 371 g/mol. The summed E-state index contributed by atoms with van der Waals surface area (Å²) in [5.41, 5.74) is -0.556. The lowest BCUT2D eigenvalue weighted by Crippen LogP contribution is -2.48. The molecular weight excluding hydrogens is 354 g/mol. The Balaban J connectivity index is 2.33. The Labute approximate surface area is 118 Å². The number of hydrogen-bond acceptors (Lipinski definition) is 3. The van der Waals surface area contributed by atoms with Crippen LogP contribution in [-0.2, 0) is 9.47 Å². The minimum Gasteiger partial charge on any atom is -0.453 e. The van der Waals surface area contributed by atoms with Crippen LogP contribution in [0.2, 0.25) is 0 Å². The Hall–Kier alpha value is 0.190. The van der Waals surface area contributed by atoms with Crippen LogP contribution < -0.4 is 0 Å². The number of alkyl halides is 2. The van der Waals surface area contributed by atoms with E-state index in [4.69, 9.17) is 9.47 Å². The van der Waals surface area contributed by atoms with Crippen molar-refractivity contribution < 1.29 is 14.3 Å². The van der Waals surface area contributed by atoms with Crippen LogP contribution in [0.15, 0.2) is 0 Å². The SMILES string of the molecule is COC(=O)N1C(C(C)(C)C)OC2(C)C1C2(Br)Br. The molecule has 1 saturated carbocycles. The molecule has 1 aliphatic heterocycles. The van der Waals surface area contributed by atoms with Crippen molar-refractivity contribution in [1.82, 2.24) is 4.90 Å². The molecule has 0 spiro atoms. The van der Waals surface area contributed by atoms with Gasteiger partial charge in [0.1, 0.15) is 15.1 Å². The third-order valence-corrected chi connectivity index (χ3v) is 5.90. The summed E-state index contributed by atoms with van der Waals surface area (Å²) < 4.78 is 10.6. The predicted molar refractivity (Wildman–Crippen MR) is 71.4 cm³/mol. The Morgan fingerprint density at radius 3 is 2.35 bits per heavy atom. The fraction of sp³-hybridized carbons (Fsp3) is 0.909. The summed E-state index contributed by atoms with van der Waals surface area (Å²) in [6, 6.07) is -0.0494. The number of halogens is 2. The largest absolute Gasteiger partial charge is 0.453 e. The predicted octanol–water partition coefficient (Wildman–Crippen LogP) is 3.08. The number of rotatable bonds is 0. The molecule has 1 heterocycles. The molecule has 3 atom stereocenters. The van der Waals surface area contributed by atoms with E-state index in [0.717, 1.165) is 0 Å². The lowest BCUT2D eigenvalue weighted by Gasteiger charge is -2.36. The van der Waals surface area contributed by atoms with E-state index in [-0.39, 0.29) is 27.0 Å². The Morgan fingerprint density at radius 1 is 1.41 bits per heavy atom. The quantitative estimate of drug-likeness (QED) is 0.615. The number of amides is 1. The summed E-state index contributed by atoms with van der Waals surface area (Å²) in [6.45, 7) is 8.13. The highest BCUT2D eigenvalue weighted by molar-refractivity contribution is 9.25. The summed E-state index contributed by atoms with van der Waals surface area (Å²) in [7, 11) is 1.39.